The van der Waals surface area contributed by atoms with Crippen LogP contribution in [0.15, 0.2) is 24.3 Å². The van der Waals surface area contributed by atoms with Crippen LogP contribution in [0, 0.1) is 0 Å². The summed E-state index contributed by atoms with van der Waals surface area (Å²) in [5.74, 6) is 0.556. The van der Waals surface area contributed by atoms with Crippen molar-refractivity contribution in [2.75, 3.05) is 13.1 Å². The van der Waals surface area contributed by atoms with E-state index in [1.807, 2.05) is 6.92 Å². The van der Waals surface area contributed by atoms with E-state index < -0.39 is 0 Å². The summed E-state index contributed by atoms with van der Waals surface area (Å²) in [6, 6.07) is 8.14. The van der Waals surface area contributed by atoms with Gasteiger partial charge in [-0.15, -0.1) is 0 Å². The molecule has 22 heavy (non-hydrogen) atoms. The van der Waals surface area contributed by atoms with Crippen molar-refractivity contribution < 1.29 is 9.59 Å². The van der Waals surface area contributed by atoms with Crippen molar-refractivity contribution in [3.05, 3.63) is 35.4 Å². The molecule has 1 unspecified atom stereocenters. The van der Waals surface area contributed by atoms with E-state index in [2.05, 4.69) is 48.7 Å². The van der Waals surface area contributed by atoms with E-state index in [9.17, 15) is 9.59 Å². The second-order valence-corrected chi connectivity index (χ2v) is 6.28. The first-order valence-electron chi connectivity index (χ1n) is 7.79. The molecule has 1 heterocycles. The predicted octanol–water partition coefficient (Wildman–Crippen LogP) is 2.40. The highest BCUT2D eigenvalue weighted by Crippen LogP contribution is 2.18. The molecule has 1 aliphatic heterocycles. The van der Waals surface area contributed by atoms with Crippen molar-refractivity contribution in [3.63, 3.8) is 0 Å². The highest BCUT2D eigenvalue weighted by atomic mass is 16.2. The lowest BCUT2D eigenvalue weighted by molar-refractivity contribution is -0.133. The molecule has 120 valence electrons. The van der Waals surface area contributed by atoms with Gasteiger partial charge in [0.25, 0.3) is 0 Å². The van der Waals surface area contributed by atoms with Crippen LogP contribution in [0.2, 0.25) is 0 Å². The molecule has 5 nitrogen and oxygen atoms in total. The van der Waals surface area contributed by atoms with Gasteiger partial charge in [0.2, 0.25) is 5.91 Å². The van der Waals surface area contributed by atoms with Gasteiger partial charge in [0.15, 0.2) is 0 Å². The molecule has 0 aliphatic carbocycles. The Bertz CT molecular complexity index is 533. The molecule has 0 bridgehead atoms. The first-order chi connectivity index (χ1) is 10.4. The van der Waals surface area contributed by atoms with Gasteiger partial charge in [-0.1, -0.05) is 38.1 Å². The van der Waals surface area contributed by atoms with Crippen LogP contribution in [0.4, 0.5) is 4.79 Å². The van der Waals surface area contributed by atoms with Crippen LogP contribution in [0.25, 0.3) is 0 Å². The minimum Gasteiger partial charge on any atom is -0.339 e. The Hall–Kier alpha value is -2.04. The number of benzene rings is 1. The average molecular weight is 303 g/mol. The molecule has 1 saturated heterocycles. The number of hydrogen-bond acceptors (Lipinski definition) is 2. The molecule has 1 atom stereocenters. The molecule has 2 rings (SSSR count). The predicted molar refractivity (Wildman–Crippen MR) is 86.7 cm³/mol. The second kappa shape index (κ2) is 6.81. The third-order valence-corrected chi connectivity index (χ3v) is 4.11. The number of likely N-dealkylation sites (tertiary alicyclic amines) is 1. The summed E-state index contributed by atoms with van der Waals surface area (Å²) in [6.45, 7) is 9.02. The van der Waals surface area contributed by atoms with Crippen molar-refractivity contribution in [2.45, 2.75) is 45.7 Å². The van der Waals surface area contributed by atoms with Crippen molar-refractivity contribution >= 4 is 11.9 Å². The average Bonchev–Trinajstić information content (AvgIpc) is 2.42. The number of rotatable bonds is 4. The molecule has 1 aromatic rings. The van der Waals surface area contributed by atoms with Crippen molar-refractivity contribution in [3.8, 4) is 0 Å². The van der Waals surface area contributed by atoms with Gasteiger partial charge >= 0.3 is 6.03 Å². The summed E-state index contributed by atoms with van der Waals surface area (Å²) in [5, 5.41) is 5.82. The fourth-order valence-corrected chi connectivity index (χ4v) is 2.50. The number of nitrogens with zero attached hydrogens (tertiary/aromatic N) is 1. The van der Waals surface area contributed by atoms with Crippen LogP contribution in [-0.2, 0) is 4.79 Å². The highest BCUT2D eigenvalue weighted by Gasteiger charge is 2.29. The summed E-state index contributed by atoms with van der Waals surface area (Å²) in [5.41, 5.74) is 2.37. The minimum absolute atomic E-state index is 0.0507. The Morgan fingerprint density at radius 3 is 2.14 bits per heavy atom. The smallest absolute Gasteiger partial charge is 0.315 e. The molecule has 1 aromatic carbocycles. The Morgan fingerprint density at radius 2 is 1.64 bits per heavy atom. The number of nitrogens with one attached hydrogen (secondary N) is 2. The summed E-state index contributed by atoms with van der Waals surface area (Å²) in [6.07, 6.45) is 0. The Labute approximate surface area is 132 Å². The normalized spacial score (nSPS) is 16.1. The number of amides is 3. The van der Waals surface area contributed by atoms with Gasteiger partial charge in [-0.3, -0.25) is 4.79 Å². The Balaban J connectivity index is 1.80. The van der Waals surface area contributed by atoms with E-state index in [4.69, 9.17) is 0 Å². The second-order valence-electron chi connectivity index (χ2n) is 6.28. The molecular formula is C17H25N3O2. The fraction of sp³-hybridized carbons (Fsp3) is 0.529. The third kappa shape index (κ3) is 4.00. The zero-order valence-electron chi connectivity index (χ0n) is 13.7. The summed E-state index contributed by atoms with van der Waals surface area (Å²) >= 11 is 0. The monoisotopic (exact) mass is 303 g/mol. The van der Waals surface area contributed by atoms with Gasteiger partial charge < -0.3 is 15.5 Å². The van der Waals surface area contributed by atoms with Crippen LogP contribution in [0.1, 0.15) is 50.8 Å². The van der Waals surface area contributed by atoms with Crippen molar-refractivity contribution in [1.82, 2.24) is 15.5 Å². The SMILES string of the molecule is CC(=O)N1CC(NC(=O)NC(C)c2ccc(C(C)C)cc2)C1. The lowest BCUT2D eigenvalue weighted by Gasteiger charge is -2.39. The highest BCUT2D eigenvalue weighted by molar-refractivity contribution is 5.77. The molecular weight excluding hydrogens is 278 g/mol. The standard InChI is InChI=1S/C17H25N3O2/c1-11(2)14-5-7-15(8-6-14)12(3)18-17(22)19-16-9-20(10-16)13(4)21/h5-8,11-12,16H,9-10H2,1-4H3,(H2,18,19,22). The molecule has 0 radical (unpaired) electrons. The summed E-state index contributed by atoms with van der Waals surface area (Å²) in [7, 11) is 0. The van der Waals surface area contributed by atoms with E-state index in [1.54, 1.807) is 11.8 Å². The quantitative estimate of drug-likeness (QED) is 0.897. The molecule has 2 N–H and O–H groups in total. The Kier molecular flexibility index (Phi) is 5.06. The zero-order valence-corrected chi connectivity index (χ0v) is 13.7. The minimum atomic E-state index is -0.186. The third-order valence-electron chi connectivity index (χ3n) is 4.11. The van der Waals surface area contributed by atoms with Gasteiger partial charge in [0.1, 0.15) is 0 Å². The molecule has 1 fully saturated rings. The maximum absolute atomic E-state index is 12.0. The lowest BCUT2D eigenvalue weighted by Crippen LogP contribution is -2.61. The molecule has 0 spiro atoms. The fourth-order valence-electron chi connectivity index (χ4n) is 2.50. The molecule has 1 aliphatic rings. The molecule has 5 heteroatoms. The van der Waals surface area contributed by atoms with E-state index in [0.29, 0.717) is 19.0 Å². The van der Waals surface area contributed by atoms with Crippen LogP contribution >= 0.6 is 0 Å². The van der Waals surface area contributed by atoms with Crippen LogP contribution in [0.3, 0.4) is 0 Å². The van der Waals surface area contributed by atoms with E-state index in [-0.39, 0.29) is 24.0 Å². The topological polar surface area (TPSA) is 61.4 Å². The van der Waals surface area contributed by atoms with Crippen molar-refractivity contribution in [2.24, 2.45) is 0 Å². The van der Waals surface area contributed by atoms with Crippen LogP contribution in [0.5, 0.6) is 0 Å². The van der Waals surface area contributed by atoms with Gasteiger partial charge in [-0.25, -0.2) is 4.79 Å². The molecule has 0 saturated carbocycles. The lowest BCUT2D eigenvalue weighted by atomic mass is 10.00. The van der Waals surface area contributed by atoms with Crippen LogP contribution in [-0.4, -0.2) is 36.0 Å². The summed E-state index contributed by atoms with van der Waals surface area (Å²) in [4.78, 5) is 24.8. The number of hydrogen-bond donors (Lipinski definition) is 2. The van der Waals surface area contributed by atoms with Gasteiger partial charge in [-0.05, 0) is 24.0 Å². The maximum atomic E-state index is 12.0. The van der Waals surface area contributed by atoms with E-state index in [1.165, 1.54) is 5.56 Å². The van der Waals surface area contributed by atoms with Crippen LogP contribution < -0.4 is 10.6 Å². The number of carbonyl (C=O) groups is 2. The van der Waals surface area contributed by atoms with Gasteiger partial charge in [0.05, 0.1) is 12.1 Å². The van der Waals surface area contributed by atoms with Gasteiger partial charge in [-0.2, -0.15) is 0 Å². The van der Waals surface area contributed by atoms with Gasteiger partial charge in [0, 0.05) is 20.0 Å². The maximum Gasteiger partial charge on any atom is 0.315 e. The largest absolute Gasteiger partial charge is 0.339 e. The first kappa shape index (κ1) is 16.3. The number of urea groups is 1. The Morgan fingerprint density at radius 1 is 1.09 bits per heavy atom. The number of carbonyl (C=O) groups excluding carboxylic acids is 2. The van der Waals surface area contributed by atoms with E-state index in [0.717, 1.165) is 5.56 Å². The molecule has 0 aromatic heterocycles. The van der Waals surface area contributed by atoms with Crippen molar-refractivity contribution in [1.29, 1.82) is 0 Å². The zero-order chi connectivity index (χ0) is 16.3. The first-order valence-corrected chi connectivity index (χ1v) is 7.79. The van der Waals surface area contributed by atoms with E-state index >= 15 is 0 Å². The molecule has 3 amide bonds. The summed E-state index contributed by atoms with van der Waals surface area (Å²) < 4.78 is 0.